The fourth-order valence-corrected chi connectivity index (χ4v) is 4.76. The van der Waals surface area contributed by atoms with Crippen molar-refractivity contribution in [2.45, 2.75) is 77.0 Å². The Morgan fingerprint density at radius 2 is 0.820 bits per heavy atom. The normalized spacial score (nSPS) is 10.4. The summed E-state index contributed by atoms with van der Waals surface area (Å²) in [6.45, 7) is 0.672. The number of Topliss-reactive ketones (excluding diaryl/α,β-unsaturated/α-hetero) is 2. The summed E-state index contributed by atoms with van der Waals surface area (Å²) in [6, 6.07) is 12.4. The van der Waals surface area contributed by atoms with Crippen molar-refractivity contribution >= 4 is 58.5 Å². The molecule has 0 aliphatic rings. The van der Waals surface area contributed by atoms with E-state index in [0.717, 1.165) is 38.5 Å². The molecule has 0 heterocycles. The van der Waals surface area contributed by atoms with Crippen molar-refractivity contribution < 1.29 is 47.8 Å². The fourth-order valence-electron chi connectivity index (χ4n) is 4.76. The molecule has 2 rings (SSSR count). The van der Waals surface area contributed by atoms with E-state index in [9.17, 15) is 38.4 Å². The van der Waals surface area contributed by atoms with Gasteiger partial charge in [0.05, 0.1) is 49.6 Å². The van der Waals surface area contributed by atoms with Gasteiger partial charge >= 0.3 is 11.9 Å². The quantitative estimate of drug-likeness (QED) is 0.0572. The highest BCUT2D eigenvalue weighted by molar-refractivity contribution is 6.44. The molecule has 2 aromatic rings. The summed E-state index contributed by atoms with van der Waals surface area (Å²) in [5, 5.41) is 10.4. The second kappa shape index (κ2) is 23.0. The highest BCUT2D eigenvalue weighted by Gasteiger charge is 2.21. The summed E-state index contributed by atoms with van der Waals surface area (Å²) >= 11 is 0. The predicted molar refractivity (Wildman–Crippen MR) is 184 cm³/mol. The predicted octanol–water partition coefficient (Wildman–Crippen LogP) is 3.89. The van der Waals surface area contributed by atoms with E-state index in [2.05, 4.69) is 30.7 Å². The molecule has 14 nitrogen and oxygen atoms in total. The van der Waals surface area contributed by atoms with E-state index >= 15 is 0 Å². The zero-order chi connectivity index (χ0) is 36.7. The lowest BCUT2D eigenvalue weighted by Crippen LogP contribution is -2.32. The molecule has 0 fully saturated rings. The second-order valence-corrected chi connectivity index (χ2v) is 11.3. The smallest absolute Gasteiger partial charge is 0.306 e. The summed E-state index contributed by atoms with van der Waals surface area (Å²) < 4.78 is 9.04. The first-order valence-electron chi connectivity index (χ1n) is 16.6. The van der Waals surface area contributed by atoms with E-state index in [1.165, 1.54) is 38.5 Å². The Hall–Kier alpha value is -5.40. The van der Waals surface area contributed by atoms with Gasteiger partial charge in [0.25, 0.3) is 23.4 Å². The molecule has 2 aromatic carbocycles. The van der Waals surface area contributed by atoms with Gasteiger partial charge in [-0.15, -0.1) is 0 Å². The third-order valence-corrected chi connectivity index (χ3v) is 7.55. The van der Waals surface area contributed by atoms with Gasteiger partial charge in [0.2, 0.25) is 11.8 Å². The minimum atomic E-state index is -0.767. The maximum atomic E-state index is 12.7. The van der Waals surface area contributed by atoms with Gasteiger partial charge in [-0.05, 0) is 37.1 Å². The van der Waals surface area contributed by atoms with E-state index in [4.69, 9.17) is 0 Å². The number of carbonyl (C=O) groups excluding carboxylic acids is 8. The van der Waals surface area contributed by atoms with Crippen LogP contribution in [-0.2, 0) is 38.2 Å². The number of esters is 2. The number of hydrogen-bond donors (Lipinski definition) is 4. The van der Waals surface area contributed by atoms with Gasteiger partial charge in [-0.2, -0.15) is 0 Å². The Kier molecular flexibility index (Phi) is 18.8. The lowest BCUT2D eigenvalue weighted by molar-refractivity contribution is -0.142. The Morgan fingerprint density at radius 3 is 1.18 bits per heavy atom. The molecular formula is C36H46N4O10. The van der Waals surface area contributed by atoms with Gasteiger partial charge in [0, 0.05) is 25.9 Å². The zero-order valence-corrected chi connectivity index (χ0v) is 28.6. The molecule has 14 heteroatoms. The van der Waals surface area contributed by atoms with Crippen LogP contribution in [0, 0.1) is 0 Å². The Balaban J connectivity index is 1.58. The molecule has 0 aliphatic carbocycles. The first-order chi connectivity index (χ1) is 24.1. The SMILES string of the molecule is COC(=O)CCC(=O)Nc1ccccc1C(=O)C(=O)NCCCCCCCCCCNC(=O)C(=O)c1ccccc1NC(=O)CCC(=O)OC. The van der Waals surface area contributed by atoms with Crippen LogP contribution in [0.2, 0.25) is 0 Å². The largest absolute Gasteiger partial charge is 0.469 e. The molecule has 4 amide bonds. The highest BCUT2D eigenvalue weighted by atomic mass is 16.5. The third kappa shape index (κ3) is 15.2. The first kappa shape index (κ1) is 40.8. The van der Waals surface area contributed by atoms with E-state index in [-0.39, 0.29) is 48.2 Å². The molecule has 0 saturated carbocycles. The van der Waals surface area contributed by atoms with Gasteiger partial charge < -0.3 is 30.7 Å². The summed E-state index contributed by atoms with van der Waals surface area (Å²) in [7, 11) is 2.45. The highest BCUT2D eigenvalue weighted by Crippen LogP contribution is 2.18. The maximum Gasteiger partial charge on any atom is 0.306 e. The molecule has 4 N–H and O–H groups in total. The van der Waals surface area contributed by atoms with Crippen LogP contribution in [0.15, 0.2) is 48.5 Å². The van der Waals surface area contributed by atoms with E-state index in [0.29, 0.717) is 25.9 Å². The van der Waals surface area contributed by atoms with Crippen molar-refractivity contribution in [3.63, 3.8) is 0 Å². The van der Waals surface area contributed by atoms with Crippen molar-refractivity contribution in [3.05, 3.63) is 59.7 Å². The van der Waals surface area contributed by atoms with Crippen molar-refractivity contribution in [1.29, 1.82) is 0 Å². The van der Waals surface area contributed by atoms with Gasteiger partial charge in [0.15, 0.2) is 0 Å². The molecule has 0 unspecified atom stereocenters. The molecule has 0 bridgehead atoms. The number of anilines is 2. The van der Waals surface area contributed by atoms with Crippen LogP contribution in [0.1, 0.15) is 97.8 Å². The molecule has 0 spiro atoms. The summed E-state index contributed by atoms with van der Waals surface area (Å²) in [5.41, 5.74) is 0.501. The number of amides is 4. The van der Waals surface area contributed by atoms with E-state index < -0.39 is 47.1 Å². The number of ether oxygens (including phenoxy) is 2. The number of hydrogen-bond acceptors (Lipinski definition) is 10. The molecular weight excluding hydrogens is 648 g/mol. The minimum absolute atomic E-state index is 0.0587. The van der Waals surface area contributed by atoms with Crippen LogP contribution >= 0.6 is 0 Å². The lowest BCUT2D eigenvalue weighted by Gasteiger charge is -2.11. The summed E-state index contributed by atoms with van der Waals surface area (Å²) in [4.78, 5) is 97.1. The number of benzene rings is 2. The van der Waals surface area contributed by atoms with E-state index in [1.54, 1.807) is 24.3 Å². The molecule has 0 aromatic heterocycles. The Labute approximate surface area is 291 Å². The van der Waals surface area contributed by atoms with Gasteiger partial charge in [-0.25, -0.2) is 0 Å². The number of unbranched alkanes of at least 4 members (excludes halogenated alkanes) is 7. The number of nitrogens with one attached hydrogen (secondary N) is 4. The Morgan fingerprint density at radius 1 is 0.480 bits per heavy atom. The van der Waals surface area contributed by atoms with Crippen molar-refractivity contribution in [1.82, 2.24) is 10.6 Å². The summed E-state index contributed by atoms with van der Waals surface area (Å²) in [6.07, 6.45) is 6.57. The average molecular weight is 695 g/mol. The molecule has 270 valence electrons. The Bertz CT molecular complexity index is 1400. The van der Waals surface area contributed by atoms with E-state index in [1.807, 2.05) is 0 Å². The van der Waals surface area contributed by atoms with Crippen LogP contribution in [0.25, 0.3) is 0 Å². The maximum absolute atomic E-state index is 12.7. The van der Waals surface area contributed by atoms with Crippen LogP contribution in [-0.4, -0.2) is 74.4 Å². The minimum Gasteiger partial charge on any atom is -0.469 e. The molecule has 0 radical (unpaired) electrons. The van der Waals surface area contributed by atoms with Crippen LogP contribution < -0.4 is 21.3 Å². The van der Waals surface area contributed by atoms with Gasteiger partial charge in [-0.3, -0.25) is 38.4 Å². The van der Waals surface area contributed by atoms with Gasteiger partial charge in [-0.1, -0.05) is 62.8 Å². The van der Waals surface area contributed by atoms with Crippen molar-refractivity contribution in [3.8, 4) is 0 Å². The number of ketones is 2. The first-order valence-corrected chi connectivity index (χ1v) is 16.6. The third-order valence-electron chi connectivity index (χ3n) is 7.55. The zero-order valence-electron chi connectivity index (χ0n) is 28.6. The number of para-hydroxylation sites is 2. The van der Waals surface area contributed by atoms with Crippen molar-refractivity contribution in [2.75, 3.05) is 37.9 Å². The van der Waals surface area contributed by atoms with Crippen LogP contribution in [0.4, 0.5) is 11.4 Å². The standard InChI is InChI=1S/C36H46N4O10/c1-49-31(43)21-19-29(41)39-27-17-11-9-15-25(27)33(45)35(47)37-23-13-7-5-3-4-6-8-14-24-38-36(48)34(46)26-16-10-12-18-28(26)40-30(42)20-22-32(44)50-2/h9-12,15-18H,3-8,13-14,19-24H2,1-2H3,(H,37,47)(H,38,48)(H,39,41)(H,40,42). The van der Waals surface area contributed by atoms with Crippen LogP contribution in [0.3, 0.4) is 0 Å². The molecule has 0 aliphatic heterocycles. The average Bonchev–Trinajstić information content (AvgIpc) is 3.12. The topological polar surface area (TPSA) is 203 Å². The fraction of sp³-hybridized carbons (Fsp3) is 0.444. The van der Waals surface area contributed by atoms with Gasteiger partial charge in [0.1, 0.15) is 0 Å². The monoisotopic (exact) mass is 694 g/mol. The second-order valence-electron chi connectivity index (χ2n) is 11.3. The van der Waals surface area contributed by atoms with Crippen LogP contribution in [0.5, 0.6) is 0 Å². The molecule has 0 atom stereocenters. The molecule has 0 saturated heterocycles. The number of rotatable bonds is 23. The number of carbonyl (C=O) groups is 8. The van der Waals surface area contributed by atoms with Crippen molar-refractivity contribution in [2.24, 2.45) is 0 Å². The summed E-state index contributed by atoms with van der Waals surface area (Å²) in [5.74, 6) is -5.08. The number of methoxy groups -OCH3 is 2. The lowest BCUT2D eigenvalue weighted by atomic mass is 10.1. The molecule has 50 heavy (non-hydrogen) atoms.